The van der Waals surface area contributed by atoms with Gasteiger partial charge in [0.25, 0.3) is 0 Å². The molecule has 8 heteroatoms. The molecule has 1 heterocycles. The van der Waals surface area contributed by atoms with Gasteiger partial charge in [-0.1, -0.05) is 35.9 Å². The summed E-state index contributed by atoms with van der Waals surface area (Å²) in [5, 5.41) is 0.426. The molecule has 25 heavy (non-hydrogen) atoms. The third-order valence-corrected chi connectivity index (χ3v) is 3.73. The van der Waals surface area contributed by atoms with Crippen molar-refractivity contribution in [2.24, 2.45) is 0 Å². The maximum Gasteiger partial charge on any atom is 0.336 e. The van der Waals surface area contributed by atoms with E-state index in [2.05, 4.69) is 13.2 Å². The summed E-state index contributed by atoms with van der Waals surface area (Å²) in [6.07, 6.45) is 2.83. The van der Waals surface area contributed by atoms with E-state index in [1.807, 2.05) is 0 Å². The van der Waals surface area contributed by atoms with Crippen molar-refractivity contribution in [3.63, 3.8) is 0 Å². The molecule has 1 aromatic carbocycles. The molecular weight excluding hydrogens is 346 g/mol. The van der Waals surface area contributed by atoms with Crippen molar-refractivity contribution in [2.75, 3.05) is 6.61 Å². The minimum absolute atomic E-state index is 0.000456. The Morgan fingerprint density at radius 1 is 0.920 bits per heavy atom. The van der Waals surface area contributed by atoms with Crippen LogP contribution in [0.3, 0.4) is 0 Å². The van der Waals surface area contributed by atoms with Crippen LogP contribution in [0, 0.1) is 0 Å². The molecule has 1 aromatic heterocycles. The Bertz CT molecular complexity index is 907. The predicted molar refractivity (Wildman–Crippen MR) is 96.6 cm³/mol. The minimum Gasteiger partial charge on any atom is -0.490 e. The highest BCUT2D eigenvalue weighted by molar-refractivity contribution is 6.32. The summed E-state index contributed by atoms with van der Waals surface area (Å²) < 4.78 is 8.34. The van der Waals surface area contributed by atoms with E-state index < -0.39 is 17.1 Å². The molecule has 0 aliphatic carbocycles. The Morgan fingerprint density at radius 2 is 1.44 bits per heavy atom. The highest BCUT2D eigenvalue weighted by Crippen LogP contribution is 2.22. The first-order valence-corrected chi connectivity index (χ1v) is 7.92. The zero-order valence-electron chi connectivity index (χ0n) is 13.6. The van der Waals surface area contributed by atoms with Crippen LogP contribution in [0.15, 0.2) is 64.0 Å². The molecule has 0 saturated carbocycles. The fourth-order valence-corrected chi connectivity index (χ4v) is 2.44. The van der Waals surface area contributed by atoms with Gasteiger partial charge in [-0.15, -0.1) is 13.2 Å². The van der Waals surface area contributed by atoms with E-state index in [0.29, 0.717) is 10.8 Å². The second-order valence-corrected chi connectivity index (χ2v) is 5.48. The predicted octanol–water partition coefficient (Wildman–Crippen LogP) is 1.28. The van der Waals surface area contributed by atoms with Crippen molar-refractivity contribution in [1.29, 1.82) is 0 Å². The smallest absolute Gasteiger partial charge is 0.336 e. The van der Waals surface area contributed by atoms with Gasteiger partial charge in [0.1, 0.15) is 12.4 Å². The van der Waals surface area contributed by atoms with Gasteiger partial charge < -0.3 is 4.74 Å². The first-order chi connectivity index (χ1) is 12.0. The lowest BCUT2D eigenvalue weighted by Gasteiger charge is -2.13. The van der Waals surface area contributed by atoms with Crippen LogP contribution in [-0.4, -0.2) is 20.3 Å². The van der Waals surface area contributed by atoms with Crippen molar-refractivity contribution in [2.45, 2.75) is 19.6 Å². The standard InChI is InChI=1S/C17H18ClN3O4/c1-3-9-19-15(22)20(10-4-2)17(24)21(16(19)23)11-12-25-14-8-6-5-7-13(14)18/h3-8H,1-2,9-12H2. The molecular formula is C17H18ClN3O4. The number of benzene rings is 1. The van der Waals surface area contributed by atoms with Crippen LogP contribution in [0.25, 0.3) is 0 Å². The molecule has 0 fully saturated rings. The molecule has 0 amide bonds. The van der Waals surface area contributed by atoms with Gasteiger partial charge in [-0.25, -0.2) is 28.1 Å². The van der Waals surface area contributed by atoms with E-state index in [0.717, 1.165) is 13.7 Å². The quantitative estimate of drug-likeness (QED) is 0.662. The van der Waals surface area contributed by atoms with E-state index in [9.17, 15) is 14.4 Å². The van der Waals surface area contributed by atoms with E-state index in [4.69, 9.17) is 16.3 Å². The van der Waals surface area contributed by atoms with Gasteiger partial charge in [0, 0.05) is 0 Å². The number of allylic oxidation sites excluding steroid dienone is 2. The lowest BCUT2D eigenvalue weighted by molar-refractivity contribution is 0.287. The Hall–Kier alpha value is -2.80. The maximum atomic E-state index is 12.4. The van der Waals surface area contributed by atoms with E-state index in [1.54, 1.807) is 24.3 Å². The second kappa shape index (κ2) is 8.34. The summed E-state index contributed by atoms with van der Waals surface area (Å²) in [6, 6.07) is 6.87. The summed E-state index contributed by atoms with van der Waals surface area (Å²) in [4.78, 5) is 37.1. The topological polar surface area (TPSA) is 75.2 Å². The summed E-state index contributed by atoms with van der Waals surface area (Å²) in [7, 11) is 0. The summed E-state index contributed by atoms with van der Waals surface area (Å²) >= 11 is 6.00. The van der Waals surface area contributed by atoms with E-state index in [-0.39, 0.29) is 26.2 Å². The Labute approximate surface area is 148 Å². The van der Waals surface area contributed by atoms with Crippen molar-refractivity contribution >= 4 is 11.6 Å². The molecule has 2 rings (SSSR count). The van der Waals surface area contributed by atoms with Crippen molar-refractivity contribution in [3.8, 4) is 5.75 Å². The van der Waals surface area contributed by atoms with Crippen LogP contribution >= 0.6 is 11.6 Å². The monoisotopic (exact) mass is 363 g/mol. The zero-order chi connectivity index (χ0) is 18.4. The van der Waals surface area contributed by atoms with Crippen LogP contribution in [0.2, 0.25) is 5.02 Å². The van der Waals surface area contributed by atoms with Crippen LogP contribution < -0.4 is 21.8 Å². The molecule has 0 bridgehead atoms. The number of rotatable bonds is 8. The molecule has 0 aliphatic rings. The van der Waals surface area contributed by atoms with Gasteiger partial charge in [-0.05, 0) is 12.1 Å². The van der Waals surface area contributed by atoms with E-state index >= 15 is 0 Å². The van der Waals surface area contributed by atoms with Crippen LogP contribution in [0.4, 0.5) is 0 Å². The molecule has 0 aliphatic heterocycles. The lowest BCUT2D eigenvalue weighted by atomic mass is 10.3. The lowest BCUT2D eigenvalue weighted by Crippen LogP contribution is -2.54. The number of aromatic nitrogens is 3. The van der Waals surface area contributed by atoms with Gasteiger partial charge in [-0.3, -0.25) is 0 Å². The first-order valence-electron chi connectivity index (χ1n) is 7.54. The number of hydrogen-bond donors (Lipinski definition) is 0. The highest BCUT2D eigenvalue weighted by Gasteiger charge is 2.14. The minimum atomic E-state index is -0.710. The zero-order valence-corrected chi connectivity index (χ0v) is 14.3. The number of hydrogen-bond acceptors (Lipinski definition) is 4. The normalized spacial score (nSPS) is 10.4. The van der Waals surface area contributed by atoms with Crippen molar-refractivity contribution in [3.05, 3.63) is 86.1 Å². The fourth-order valence-electron chi connectivity index (χ4n) is 2.25. The molecule has 0 atom stereocenters. The Morgan fingerprint density at radius 3 is 1.96 bits per heavy atom. The second-order valence-electron chi connectivity index (χ2n) is 5.08. The molecule has 0 radical (unpaired) electrons. The molecule has 0 spiro atoms. The third-order valence-electron chi connectivity index (χ3n) is 3.42. The van der Waals surface area contributed by atoms with E-state index in [1.165, 1.54) is 12.2 Å². The SMILES string of the molecule is C=CCn1c(=O)n(CC=C)c(=O)n(CCOc2ccccc2Cl)c1=O. The highest BCUT2D eigenvalue weighted by atomic mass is 35.5. The Kier molecular flexibility index (Phi) is 6.19. The summed E-state index contributed by atoms with van der Waals surface area (Å²) in [5.74, 6) is 0.447. The number of nitrogens with zero attached hydrogens (tertiary/aromatic N) is 3. The molecule has 0 unspecified atom stereocenters. The van der Waals surface area contributed by atoms with Gasteiger partial charge in [0.15, 0.2) is 0 Å². The number of halogens is 1. The van der Waals surface area contributed by atoms with Crippen LogP contribution in [0.5, 0.6) is 5.75 Å². The maximum absolute atomic E-state index is 12.4. The average molecular weight is 364 g/mol. The summed E-state index contributed by atoms with van der Waals surface area (Å²) in [5.41, 5.74) is -2.12. The first kappa shape index (κ1) is 18.5. The molecule has 0 saturated heterocycles. The van der Waals surface area contributed by atoms with Crippen molar-refractivity contribution in [1.82, 2.24) is 13.7 Å². The van der Waals surface area contributed by atoms with Gasteiger partial charge in [0.2, 0.25) is 0 Å². The average Bonchev–Trinajstić information content (AvgIpc) is 2.60. The number of ether oxygens (including phenoxy) is 1. The molecule has 7 nitrogen and oxygen atoms in total. The number of para-hydroxylation sites is 1. The van der Waals surface area contributed by atoms with Gasteiger partial charge in [0.05, 0.1) is 24.7 Å². The largest absolute Gasteiger partial charge is 0.490 e. The van der Waals surface area contributed by atoms with Gasteiger partial charge >= 0.3 is 17.1 Å². The van der Waals surface area contributed by atoms with Crippen LogP contribution in [-0.2, 0) is 19.6 Å². The Balaban J connectivity index is 2.36. The van der Waals surface area contributed by atoms with Crippen molar-refractivity contribution < 1.29 is 4.74 Å². The third kappa shape index (κ3) is 4.00. The fraction of sp³-hybridized carbons (Fsp3) is 0.235. The molecule has 2 aromatic rings. The van der Waals surface area contributed by atoms with Crippen LogP contribution in [0.1, 0.15) is 0 Å². The molecule has 0 N–H and O–H groups in total. The summed E-state index contributed by atoms with van der Waals surface area (Å²) in [6.45, 7) is 7.06. The van der Waals surface area contributed by atoms with Gasteiger partial charge in [-0.2, -0.15) is 0 Å². The molecule has 132 valence electrons.